The summed E-state index contributed by atoms with van der Waals surface area (Å²) < 4.78 is 25.7. The van der Waals surface area contributed by atoms with E-state index < -0.39 is 10.0 Å². The van der Waals surface area contributed by atoms with Gasteiger partial charge in [0, 0.05) is 45.3 Å². The third kappa shape index (κ3) is 3.19. The minimum Gasteiger partial charge on any atom is -0.314 e. The van der Waals surface area contributed by atoms with Gasteiger partial charge in [-0.05, 0) is 6.42 Å². The first-order valence-electron chi connectivity index (χ1n) is 6.56. The maximum Gasteiger partial charge on any atom is 0.214 e. The van der Waals surface area contributed by atoms with Crippen molar-refractivity contribution in [3.8, 4) is 0 Å². The van der Waals surface area contributed by atoms with Crippen molar-refractivity contribution in [3.63, 3.8) is 0 Å². The van der Waals surface area contributed by atoms with Crippen molar-refractivity contribution < 1.29 is 8.42 Å². The molecule has 5 nitrogen and oxygen atoms in total. The van der Waals surface area contributed by atoms with Gasteiger partial charge in [-0.2, -0.15) is 4.31 Å². The predicted molar refractivity (Wildman–Crippen MR) is 68.5 cm³/mol. The summed E-state index contributed by atoms with van der Waals surface area (Å²) in [5, 5.41) is 3.25. The quantitative estimate of drug-likeness (QED) is 0.739. The Morgan fingerprint density at radius 3 is 2.29 bits per heavy atom. The van der Waals surface area contributed by atoms with Crippen molar-refractivity contribution in [2.45, 2.75) is 25.8 Å². The van der Waals surface area contributed by atoms with E-state index in [4.69, 9.17) is 0 Å². The van der Waals surface area contributed by atoms with E-state index in [1.165, 1.54) is 0 Å². The summed E-state index contributed by atoms with van der Waals surface area (Å²) in [6.45, 7) is 7.25. The minimum absolute atomic E-state index is 0.314. The molecule has 2 saturated heterocycles. The Morgan fingerprint density at radius 2 is 1.82 bits per heavy atom. The van der Waals surface area contributed by atoms with E-state index >= 15 is 0 Å². The van der Waals surface area contributed by atoms with Crippen LogP contribution in [-0.4, -0.2) is 68.7 Å². The molecule has 6 heteroatoms. The van der Waals surface area contributed by atoms with Crippen LogP contribution in [0.25, 0.3) is 0 Å². The first-order valence-corrected chi connectivity index (χ1v) is 8.17. The number of nitrogens with zero attached hydrogens (tertiary/aromatic N) is 2. The van der Waals surface area contributed by atoms with Crippen LogP contribution in [0.2, 0.25) is 0 Å². The lowest BCUT2D eigenvalue weighted by molar-refractivity contribution is 0.103. The lowest BCUT2D eigenvalue weighted by Gasteiger charge is -2.42. The molecule has 2 rings (SSSR count). The van der Waals surface area contributed by atoms with Gasteiger partial charge in [0.25, 0.3) is 0 Å². The van der Waals surface area contributed by atoms with E-state index in [9.17, 15) is 8.42 Å². The summed E-state index contributed by atoms with van der Waals surface area (Å²) in [5.41, 5.74) is 0. The highest BCUT2D eigenvalue weighted by atomic mass is 32.2. The molecule has 100 valence electrons. The maximum absolute atomic E-state index is 12.0. The number of rotatable bonds is 5. The summed E-state index contributed by atoms with van der Waals surface area (Å²) in [4.78, 5) is 2.41. The molecule has 0 unspecified atom stereocenters. The second kappa shape index (κ2) is 5.65. The molecular weight excluding hydrogens is 238 g/mol. The molecule has 0 aromatic heterocycles. The van der Waals surface area contributed by atoms with E-state index in [1.807, 2.05) is 6.92 Å². The Kier molecular flexibility index (Phi) is 4.41. The van der Waals surface area contributed by atoms with Gasteiger partial charge < -0.3 is 5.32 Å². The molecule has 0 aliphatic carbocycles. The van der Waals surface area contributed by atoms with Gasteiger partial charge in [-0.15, -0.1) is 0 Å². The van der Waals surface area contributed by atoms with Crippen molar-refractivity contribution in [3.05, 3.63) is 0 Å². The molecule has 2 aliphatic rings. The smallest absolute Gasteiger partial charge is 0.214 e. The van der Waals surface area contributed by atoms with E-state index in [0.717, 1.165) is 39.0 Å². The zero-order valence-electron chi connectivity index (χ0n) is 10.6. The van der Waals surface area contributed by atoms with Crippen LogP contribution in [0.4, 0.5) is 0 Å². The summed E-state index contributed by atoms with van der Waals surface area (Å²) >= 11 is 0. The fourth-order valence-electron chi connectivity index (χ4n) is 2.33. The lowest BCUT2D eigenvalue weighted by atomic mass is 10.1. The molecule has 0 spiro atoms. The highest BCUT2D eigenvalue weighted by Gasteiger charge is 2.31. The van der Waals surface area contributed by atoms with Crippen LogP contribution in [0.5, 0.6) is 0 Å². The number of unbranched alkanes of at least 4 members (excludes halogenated alkanes) is 1. The Bertz CT molecular complexity index is 333. The zero-order valence-corrected chi connectivity index (χ0v) is 11.4. The van der Waals surface area contributed by atoms with Crippen LogP contribution < -0.4 is 5.32 Å². The van der Waals surface area contributed by atoms with Crippen LogP contribution >= 0.6 is 0 Å². The average Bonchev–Trinajstić information content (AvgIpc) is 2.25. The lowest BCUT2D eigenvalue weighted by Crippen LogP contribution is -2.62. The first-order chi connectivity index (χ1) is 8.13. The fourth-order valence-corrected chi connectivity index (χ4v) is 3.97. The van der Waals surface area contributed by atoms with Crippen molar-refractivity contribution in [1.82, 2.24) is 14.5 Å². The Hall–Kier alpha value is -0.170. The Morgan fingerprint density at radius 1 is 1.18 bits per heavy atom. The van der Waals surface area contributed by atoms with Crippen LogP contribution in [0.15, 0.2) is 0 Å². The highest BCUT2D eigenvalue weighted by molar-refractivity contribution is 7.89. The van der Waals surface area contributed by atoms with Gasteiger partial charge in [0.05, 0.1) is 5.75 Å². The van der Waals surface area contributed by atoms with Crippen LogP contribution in [0.1, 0.15) is 19.8 Å². The van der Waals surface area contributed by atoms with Crippen LogP contribution in [0.3, 0.4) is 0 Å². The van der Waals surface area contributed by atoms with Crippen molar-refractivity contribution in [2.24, 2.45) is 0 Å². The van der Waals surface area contributed by atoms with Gasteiger partial charge in [0.15, 0.2) is 0 Å². The largest absolute Gasteiger partial charge is 0.314 e. The summed E-state index contributed by atoms with van der Waals surface area (Å²) in [6.07, 6.45) is 1.71. The van der Waals surface area contributed by atoms with Crippen LogP contribution in [0, 0.1) is 0 Å². The molecule has 0 aromatic rings. The monoisotopic (exact) mass is 261 g/mol. The predicted octanol–water partition coefficient (Wildman–Crippen LogP) is -0.294. The van der Waals surface area contributed by atoms with E-state index in [0.29, 0.717) is 24.9 Å². The van der Waals surface area contributed by atoms with E-state index in [1.54, 1.807) is 4.31 Å². The molecule has 0 radical (unpaired) electrons. The number of hydrogen-bond acceptors (Lipinski definition) is 4. The maximum atomic E-state index is 12.0. The summed E-state index contributed by atoms with van der Waals surface area (Å²) in [6, 6.07) is 0.635. The topological polar surface area (TPSA) is 52.7 Å². The normalized spacial score (nSPS) is 24.8. The number of sulfonamides is 1. The minimum atomic E-state index is -2.99. The molecule has 2 heterocycles. The number of hydrogen-bond donors (Lipinski definition) is 1. The van der Waals surface area contributed by atoms with Crippen molar-refractivity contribution >= 4 is 10.0 Å². The third-order valence-corrected chi connectivity index (χ3v) is 5.66. The molecule has 0 atom stereocenters. The SMILES string of the molecule is CCCCS(=O)(=O)N1CCN(C2CNC2)CC1. The van der Waals surface area contributed by atoms with Gasteiger partial charge in [0.2, 0.25) is 10.0 Å². The Balaban J connectivity index is 1.81. The second-order valence-corrected chi connectivity index (χ2v) is 7.01. The van der Waals surface area contributed by atoms with Gasteiger partial charge in [0.1, 0.15) is 0 Å². The van der Waals surface area contributed by atoms with Crippen molar-refractivity contribution in [1.29, 1.82) is 0 Å². The third-order valence-electron chi connectivity index (χ3n) is 3.70. The molecule has 2 fully saturated rings. The summed E-state index contributed by atoms with van der Waals surface area (Å²) in [5.74, 6) is 0.314. The molecule has 17 heavy (non-hydrogen) atoms. The molecule has 0 aromatic carbocycles. The van der Waals surface area contributed by atoms with Crippen molar-refractivity contribution in [2.75, 3.05) is 45.0 Å². The molecule has 0 bridgehead atoms. The molecular formula is C11H23N3O2S. The Labute approximate surface area is 104 Å². The standard InChI is InChI=1S/C11H23N3O2S/c1-2-3-8-17(15,16)14-6-4-13(5-7-14)11-9-12-10-11/h11-12H,2-10H2,1H3. The highest BCUT2D eigenvalue weighted by Crippen LogP contribution is 2.13. The van der Waals surface area contributed by atoms with Gasteiger partial charge in [-0.1, -0.05) is 13.3 Å². The second-order valence-electron chi connectivity index (χ2n) is 4.92. The number of nitrogens with one attached hydrogen (secondary N) is 1. The number of piperazine rings is 1. The average molecular weight is 261 g/mol. The van der Waals surface area contributed by atoms with Crippen LogP contribution in [-0.2, 0) is 10.0 Å². The van der Waals surface area contributed by atoms with Gasteiger partial charge in [-0.25, -0.2) is 8.42 Å². The molecule has 0 amide bonds. The fraction of sp³-hybridized carbons (Fsp3) is 1.00. The first kappa shape index (κ1) is 13.3. The van der Waals surface area contributed by atoms with E-state index in [2.05, 4.69) is 10.2 Å². The van der Waals surface area contributed by atoms with Gasteiger partial charge in [-0.3, -0.25) is 4.90 Å². The molecule has 1 N–H and O–H groups in total. The molecule has 0 saturated carbocycles. The zero-order chi connectivity index (χ0) is 12.3. The molecule has 2 aliphatic heterocycles. The van der Waals surface area contributed by atoms with Gasteiger partial charge >= 0.3 is 0 Å². The summed E-state index contributed by atoms with van der Waals surface area (Å²) in [7, 11) is -2.99. The van der Waals surface area contributed by atoms with E-state index in [-0.39, 0.29) is 0 Å².